The van der Waals surface area contributed by atoms with Crippen molar-refractivity contribution < 1.29 is 4.74 Å². The van der Waals surface area contributed by atoms with Crippen molar-refractivity contribution in [1.82, 2.24) is 0 Å². The van der Waals surface area contributed by atoms with E-state index in [0.717, 1.165) is 16.9 Å². The lowest BCUT2D eigenvalue weighted by Gasteiger charge is -2.17. The summed E-state index contributed by atoms with van der Waals surface area (Å²) in [4.78, 5) is 1.23. The first kappa shape index (κ1) is 22.1. The molecule has 1 atom stereocenters. The molecule has 2 rings (SSSR count). The van der Waals surface area contributed by atoms with E-state index in [1.165, 1.54) is 4.90 Å². The standard InChI is InChI=1S/C25H28OSSi/c1-5-26-25(22-14-8-6-9-15-22)23(17-13-21-28(2,3)4)16-12-20-27-24-18-10-7-11-19-24/h6-11,14-15,17-19,25H,5,20H2,1-4H3/b23-17+. The van der Waals surface area contributed by atoms with Gasteiger partial charge in [0.15, 0.2) is 0 Å². The van der Waals surface area contributed by atoms with Gasteiger partial charge in [0.1, 0.15) is 14.2 Å². The lowest BCUT2D eigenvalue weighted by atomic mass is 10.0. The van der Waals surface area contributed by atoms with Crippen LogP contribution in [0, 0.1) is 23.3 Å². The number of hydrogen-bond donors (Lipinski definition) is 0. The second-order valence-electron chi connectivity index (χ2n) is 7.27. The molecule has 0 fully saturated rings. The van der Waals surface area contributed by atoms with Gasteiger partial charge in [-0.3, -0.25) is 0 Å². The molecule has 144 valence electrons. The molecule has 0 saturated carbocycles. The second-order valence-corrected chi connectivity index (χ2v) is 13.1. The smallest absolute Gasteiger partial charge is 0.129 e. The van der Waals surface area contributed by atoms with Crippen LogP contribution < -0.4 is 0 Å². The molecule has 0 aliphatic carbocycles. The minimum Gasteiger partial charge on any atom is -0.368 e. The van der Waals surface area contributed by atoms with Crippen molar-refractivity contribution >= 4 is 19.8 Å². The fraction of sp³-hybridized carbons (Fsp3) is 0.280. The predicted octanol–water partition coefficient (Wildman–Crippen LogP) is 6.37. The highest BCUT2D eigenvalue weighted by molar-refractivity contribution is 7.99. The summed E-state index contributed by atoms with van der Waals surface area (Å²) in [5.74, 6) is 10.6. The summed E-state index contributed by atoms with van der Waals surface area (Å²) in [5, 5.41) is 0. The zero-order valence-electron chi connectivity index (χ0n) is 17.2. The third kappa shape index (κ3) is 8.24. The fourth-order valence-electron chi connectivity index (χ4n) is 2.44. The van der Waals surface area contributed by atoms with Crippen LogP contribution in [0.3, 0.4) is 0 Å². The number of rotatable bonds is 6. The van der Waals surface area contributed by atoms with Gasteiger partial charge >= 0.3 is 0 Å². The molecule has 0 amide bonds. The van der Waals surface area contributed by atoms with Crippen molar-refractivity contribution in [3.8, 4) is 23.3 Å². The molecule has 1 unspecified atom stereocenters. The Kier molecular flexibility index (Phi) is 9.18. The van der Waals surface area contributed by atoms with Crippen molar-refractivity contribution in [3.05, 3.63) is 77.9 Å². The van der Waals surface area contributed by atoms with E-state index < -0.39 is 8.07 Å². The molecule has 1 nitrogen and oxygen atoms in total. The molecule has 3 heteroatoms. The Balaban J connectivity index is 2.26. The van der Waals surface area contributed by atoms with E-state index in [2.05, 4.69) is 67.2 Å². The summed E-state index contributed by atoms with van der Waals surface area (Å²) in [7, 11) is -1.44. The number of thioether (sulfide) groups is 1. The van der Waals surface area contributed by atoms with Crippen LogP contribution >= 0.6 is 11.8 Å². The van der Waals surface area contributed by atoms with Crippen LogP contribution in [-0.2, 0) is 4.74 Å². The maximum atomic E-state index is 6.05. The highest BCUT2D eigenvalue weighted by Gasteiger charge is 2.15. The zero-order chi connectivity index (χ0) is 20.2. The molecule has 2 aromatic rings. The molecule has 0 aromatic heterocycles. The highest BCUT2D eigenvalue weighted by atomic mass is 32.2. The zero-order valence-corrected chi connectivity index (χ0v) is 19.0. The van der Waals surface area contributed by atoms with E-state index in [1.54, 1.807) is 11.8 Å². The monoisotopic (exact) mass is 404 g/mol. The van der Waals surface area contributed by atoms with Crippen molar-refractivity contribution in [3.63, 3.8) is 0 Å². The van der Waals surface area contributed by atoms with E-state index in [1.807, 2.05) is 49.4 Å². The molecule has 28 heavy (non-hydrogen) atoms. The number of ether oxygens (including phenoxy) is 1. The molecule has 0 radical (unpaired) electrons. The van der Waals surface area contributed by atoms with Crippen LogP contribution in [0.25, 0.3) is 0 Å². The van der Waals surface area contributed by atoms with Crippen LogP contribution in [0.4, 0.5) is 0 Å². The first-order valence-electron chi connectivity index (χ1n) is 9.55. The van der Waals surface area contributed by atoms with Gasteiger partial charge in [0.05, 0.1) is 5.75 Å². The summed E-state index contributed by atoms with van der Waals surface area (Å²) in [6, 6.07) is 20.6. The number of allylic oxidation sites excluding steroid dienone is 1. The minimum atomic E-state index is -1.44. The van der Waals surface area contributed by atoms with E-state index in [9.17, 15) is 0 Å². The number of benzene rings is 2. The number of hydrogen-bond acceptors (Lipinski definition) is 2. The average Bonchev–Trinajstić information content (AvgIpc) is 2.69. The molecule has 0 saturated heterocycles. The molecule has 0 aliphatic heterocycles. The lowest BCUT2D eigenvalue weighted by Crippen LogP contribution is -2.16. The molecular weight excluding hydrogens is 376 g/mol. The van der Waals surface area contributed by atoms with Gasteiger partial charge in [0.2, 0.25) is 0 Å². The van der Waals surface area contributed by atoms with Gasteiger partial charge in [-0.15, -0.1) is 17.3 Å². The molecule has 0 heterocycles. The van der Waals surface area contributed by atoms with Gasteiger partial charge in [-0.25, -0.2) is 0 Å². The van der Waals surface area contributed by atoms with Crippen LogP contribution in [0.15, 0.2) is 77.2 Å². The van der Waals surface area contributed by atoms with Gasteiger partial charge in [0, 0.05) is 23.2 Å². The third-order valence-corrected chi connectivity index (χ3v) is 5.47. The van der Waals surface area contributed by atoms with Crippen LogP contribution in [0.2, 0.25) is 19.6 Å². The molecule has 0 aliphatic rings. The van der Waals surface area contributed by atoms with Gasteiger partial charge < -0.3 is 4.74 Å². The van der Waals surface area contributed by atoms with Gasteiger partial charge in [-0.2, -0.15) is 0 Å². The summed E-state index contributed by atoms with van der Waals surface area (Å²) in [6.45, 7) is 9.37. The van der Waals surface area contributed by atoms with Crippen LogP contribution in [-0.4, -0.2) is 20.4 Å². The van der Waals surface area contributed by atoms with E-state index in [-0.39, 0.29) is 6.10 Å². The Morgan fingerprint density at radius 2 is 1.68 bits per heavy atom. The molecule has 0 N–H and O–H groups in total. The van der Waals surface area contributed by atoms with Crippen LogP contribution in [0.5, 0.6) is 0 Å². The maximum absolute atomic E-state index is 6.05. The largest absolute Gasteiger partial charge is 0.368 e. The summed E-state index contributed by atoms with van der Waals surface area (Å²) in [5.41, 5.74) is 5.43. The van der Waals surface area contributed by atoms with E-state index in [4.69, 9.17) is 4.74 Å². The van der Waals surface area contributed by atoms with E-state index in [0.29, 0.717) is 6.61 Å². The Bertz CT molecular complexity index is 875. The van der Waals surface area contributed by atoms with Gasteiger partial charge in [0.25, 0.3) is 0 Å². The Morgan fingerprint density at radius 3 is 2.29 bits per heavy atom. The predicted molar refractivity (Wildman–Crippen MR) is 125 cm³/mol. The molecular formula is C25H28OSSi. The summed E-state index contributed by atoms with van der Waals surface area (Å²) < 4.78 is 6.05. The normalized spacial score (nSPS) is 12.4. The van der Waals surface area contributed by atoms with E-state index >= 15 is 0 Å². The quantitative estimate of drug-likeness (QED) is 0.314. The summed E-state index contributed by atoms with van der Waals surface area (Å²) >= 11 is 1.74. The Labute approximate surface area is 175 Å². The molecule has 0 bridgehead atoms. The minimum absolute atomic E-state index is 0.184. The fourth-order valence-corrected chi connectivity index (χ4v) is 3.61. The summed E-state index contributed by atoms with van der Waals surface area (Å²) in [6.07, 6.45) is 1.77. The third-order valence-electron chi connectivity index (χ3n) is 3.68. The van der Waals surface area contributed by atoms with Crippen molar-refractivity contribution in [1.29, 1.82) is 0 Å². The van der Waals surface area contributed by atoms with Crippen LogP contribution in [0.1, 0.15) is 18.6 Å². The van der Waals surface area contributed by atoms with Crippen molar-refractivity contribution in [2.24, 2.45) is 0 Å². The van der Waals surface area contributed by atoms with Gasteiger partial charge in [-0.05, 0) is 24.6 Å². The lowest BCUT2D eigenvalue weighted by molar-refractivity contribution is 0.0917. The second kappa shape index (κ2) is 11.6. The van der Waals surface area contributed by atoms with Crippen molar-refractivity contribution in [2.45, 2.75) is 37.6 Å². The molecule has 2 aromatic carbocycles. The Hall–Kier alpha value is -2.17. The van der Waals surface area contributed by atoms with Gasteiger partial charge in [-0.1, -0.05) is 85.9 Å². The van der Waals surface area contributed by atoms with Crippen molar-refractivity contribution in [2.75, 3.05) is 12.4 Å². The average molecular weight is 405 g/mol. The first-order valence-corrected chi connectivity index (χ1v) is 14.0. The first-order chi connectivity index (χ1) is 13.5. The SMILES string of the molecule is CCOC(/C(C#CCSc1ccccc1)=C/C#C[Si](C)(C)C)c1ccccc1. The topological polar surface area (TPSA) is 9.23 Å². The maximum Gasteiger partial charge on any atom is 0.129 e. The Morgan fingerprint density at radius 1 is 1.04 bits per heavy atom. The highest BCUT2D eigenvalue weighted by Crippen LogP contribution is 2.25. The molecule has 0 spiro atoms.